The Labute approximate surface area is 150 Å². The van der Waals surface area contributed by atoms with Crippen LogP contribution >= 0.6 is 24.8 Å². The standard InChI is InChI=1S/C16H26N4O.2ClH/c1-13-18-9-11-20(13)10-3-2-6-19-15(21)14-12-16(14)4-7-17-8-5-16;;/h9,11,14,17H,2-8,10,12H2,1H3,(H,19,21);2*1H. The molecule has 0 bridgehead atoms. The van der Waals surface area contributed by atoms with Crippen molar-refractivity contribution < 1.29 is 4.79 Å². The second-order valence-electron chi connectivity index (χ2n) is 6.54. The van der Waals surface area contributed by atoms with Gasteiger partial charge in [-0.15, -0.1) is 24.8 Å². The van der Waals surface area contributed by atoms with E-state index in [1.54, 1.807) is 0 Å². The van der Waals surface area contributed by atoms with Crippen molar-refractivity contribution in [2.75, 3.05) is 19.6 Å². The number of unbranched alkanes of at least 4 members (excludes halogenated alkanes) is 1. The third kappa shape index (κ3) is 4.85. The smallest absolute Gasteiger partial charge is 0.223 e. The van der Waals surface area contributed by atoms with E-state index < -0.39 is 0 Å². The zero-order chi connectivity index (χ0) is 14.7. The van der Waals surface area contributed by atoms with Gasteiger partial charge in [-0.05, 0) is 57.5 Å². The highest BCUT2D eigenvalue weighted by atomic mass is 35.5. The van der Waals surface area contributed by atoms with Gasteiger partial charge in [0.15, 0.2) is 0 Å². The minimum atomic E-state index is 0. The van der Waals surface area contributed by atoms with Crippen LogP contribution in [0, 0.1) is 18.3 Å². The zero-order valence-corrected chi connectivity index (χ0v) is 15.3. The summed E-state index contributed by atoms with van der Waals surface area (Å²) in [7, 11) is 0. The number of rotatable bonds is 6. The van der Waals surface area contributed by atoms with Crippen molar-refractivity contribution in [2.45, 2.75) is 45.6 Å². The van der Waals surface area contributed by atoms with Crippen molar-refractivity contribution in [3.8, 4) is 0 Å². The summed E-state index contributed by atoms with van der Waals surface area (Å²) in [4.78, 5) is 16.4. The number of amides is 1. The van der Waals surface area contributed by atoms with Crippen LogP contribution in [0.15, 0.2) is 12.4 Å². The predicted molar refractivity (Wildman–Crippen MR) is 96.3 cm³/mol. The number of hydrogen-bond donors (Lipinski definition) is 2. The van der Waals surface area contributed by atoms with Gasteiger partial charge in [0.05, 0.1) is 0 Å². The SMILES string of the molecule is Cc1nccn1CCCCNC(=O)C1CC12CCNCC2.Cl.Cl. The fourth-order valence-electron chi connectivity index (χ4n) is 3.58. The molecular formula is C16H28Cl2N4O. The van der Waals surface area contributed by atoms with Gasteiger partial charge in [0.2, 0.25) is 5.91 Å². The van der Waals surface area contributed by atoms with Crippen LogP contribution in [0.5, 0.6) is 0 Å². The fourth-order valence-corrected chi connectivity index (χ4v) is 3.58. The molecule has 0 radical (unpaired) electrons. The van der Waals surface area contributed by atoms with Gasteiger partial charge >= 0.3 is 0 Å². The van der Waals surface area contributed by atoms with Crippen LogP contribution in [0.1, 0.15) is 37.9 Å². The summed E-state index contributed by atoms with van der Waals surface area (Å²) >= 11 is 0. The predicted octanol–water partition coefficient (Wildman–Crippen LogP) is 2.32. The van der Waals surface area contributed by atoms with Gasteiger partial charge in [0.1, 0.15) is 5.82 Å². The average molecular weight is 363 g/mol. The molecule has 1 spiro atoms. The highest BCUT2D eigenvalue weighted by Crippen LogP contribution is 2.58. The number of hydrogen-bond acceptors (Lipinski definition) is 3. The van der Waals surface area contributed by atoms with Crippen LogP contribution in [0.3, 0.4) is 0 Å². The van der Waals surface area contributed by atoms with E-state index in [4.69, 9.17) is 0 Å². The summed E-state index contributed by atoms with van der Waals surface area (Å²) in [5, 5.41) is 6.51. The maximum Gasteiger partial charge on any atom is 0.223 e. The van der Waals surface area contributed by atoms with Crippen molar-refractivity contribution in [3.63, 3.8) is 0 Å². The Hall–Kier alpha value is -0.780. The Morgan fingerprint density at radius 1 is 1.39 bits per heavy atom. The molecule has 1 amide bonds. The Bertz CT molecular complexity index is 500. The molecule has 3 rings (SSSR count). The Morgan fingerprint density at radius 2 is 2.13 bits per heavy atom. The average Bonchev–Trinajstić information content (AvgIpc) is 3.02. The number of nitrogens with one attached hydrogen (secondary N) is 2. The van der Waals surface area contributed by atoms with E-state index in [9.17, 15) is 4.79 Å². The Kier molecular flexibility index (Phi) is 7.84. The van der Waals surface area contributed by atoms with Gasteiger partial charge in [-0.1, -0.05) is 0 Å². The lowest BCUT2D eigenvalue weighted by molar-refractivity contribution is -0.123. The normalized spacial score (nSPS) is 21.2. The summed E-state index contributed by atoms with van der Waals surface area (Å²) in [6.45, 7) is 5.97. The van der Waals surface area contributed by atoms with Crippen LogP contribution in [-0.2, 0) is 11.3 Å². The second kappa shape index (κ2) is 8.90. The number of halogens is 2. The molecule has 2 fully saturated rings. The van der Waals surface area contributed by atoms with Crippen molar-refractivity contribution in [1.82, 2.24) is 20.2 Å². The number of nitrogens with zero attached hydrogens (tertiary/aromatic N) is 2. The summed E-state index contributed by atoms with van der Waals surface area (Å²) in [5.74, 6) is 1.64. The monoisotopic (exact) mass is 362 g/mol. The molecule has 1 saturated carbocycles. The highest BCUT2D eigenvalue weighted by Gasteiger charge is 2.57. The lowest BCUT2D eigenvalue weighted by Crippen LogP contribution is -2.34. The third-order valence-corrected chi connectivity index (χ3v) is 5.15. The quantitative estimate of drug-likeness (QED) is 0.763. The molecule has 1 saturated heterocycles. The fraction of sp³-hybridized carbons (Fsp3) is 0.750. The van der Waals surface area contributed by atoms with Gasteiger partial charge in [0.25, 0.3) is 0 Å². The van der Waals surface area contributed by atoms with E-state index >= 15 is 0 Å². The number of imidazole rings is 1. The number of aryl methyl sites for hydroxylation is 2. The number of carbonyl (C=O) groups excluding carboxylic acids is 1. The first-order valence-corrected chi connectivity index (χ1v) is 8.17. The van der Waals surface area contributed by atoms with Crippen molar-refractivity contribution in [3.05, 3.63) is 18.2 Å². The molecular weight excluding hydrogens is 335 g/mol. The molecule has 1 atom stereocenters. The first-order chi connectivity index (χ1) is 10.2. The van der Waals surface area contributed by atoms with E-state index in [2.05, 4.69) is 20.2 Å². The summed E-state index contributed by atoms with van der Waals surface area (Å²) < 4.78 is 2.16. The lowest BCUT2D eigenvalue weighted by Gasteiger charge is -2.23. The van der Waals surface area contributed by atoms with Gasteiger partial charge in [-0.2, -0.15) is 0 Å². The zero-order valence-electron chi connectivity index (χ0n) is 13.7. The third-order valence-electron chi connectivity index (χ3n) is 5.15. The van der Waals surface area contributed by atoms with Gasteiger partial charge in [-0.3, -0.25) is 4.79 Å². The minimum absolute atomic E-state index is 0. The molecule has 2 N–H and O–H groups in total. The Morgan fingerprint density at radius 3 is 2.78 bits per heavy atom. The van der Waals surface area contributed by atoms with Crippen LogP contribution in [-0.4, -0.2) is 35.1 Å². The van der Waals surface area contributed by atoms with E-state index in [1.165, 1.54) is 12.8 Å². The number of carbonyl (C=O) groups is 1. The molecule has 5 nitrogen and oxygen atoms in total. The van der Waals surface area contributed by atoms with Crippen LogP contribution in [0.4, 0.5) is 0 Å². The molecule has 1 aliphatic carbocycles. The van der Waals surface area contributed by atoms with Crippen molar-refractivity contribution in [1.29, 1.82) is 0 Å². The van der Waals surface area contributed by atoms with Crippen LogP contribution in [0.25, 0.3) is 0 Å². The lowest BCUT2D eigenvalue weighted by atomic mass is 9.92. The van der Waals surface area contributed by atoms with Crippen LogP contribution < -0.4 is 10.6 Å². The molecule has 132 valence electrons. The van der Waals surface area contributed by atoms with E-state index in [0.29, 0.717) is 5.41 Å². The summed E-state index contributed by atoms with van der Waals surface area (Å²) in [5.41, 5.74) is 0.350. The molecule has 1 aliphatic heterocycles. The second-order valence-corrected chi connectivity index (χ2v) is 6.54. The largest absolute Gasteiger partial charge is 0.356 e. The van der Waals surface area contributed by atoms with Crippen molar-refractivity contribution >= 4 is 30.7 Å². The van der Waals surface area contributed by atoms with Gasteiger partial charge in [0, 0.05) is 31.4 Å². The van der Waals surface area contributed by atoms with Crippen molar-refractivity contribution in [2.24, 2.45) is 11.3 Å². The molecule has 23 heavy (non-hydrogen) atoms. The molecule has 7 heteroatoms. The first kappa shape index (κ1) is 20.3. The van der Waals surface area contributed by atoms with Gasteiger partial charge in [-0.25, -0.2) is 4.98 Å². The molecule has 1 aromatic rings. The molecule has 1 unspecified atom stereocenters. The van der Waals surface area contributed by atoms with E-state index in [-0.39, 0.29) is 36.6 Å². The van der Waals surface area contributed by atoms with E-state index in [1.807, 2.05) is 19.3 Å². The summed E-state index contributed by atoms with van der Waals surface area (Å²) in [6, 6.07) is 0. The molecule has 2 aliphatic rings. The Balaban J connectivity index is 0.00000132. The van der Waals surface area contributed by atoms with Crippen LogP contribution in [0.2, 0.25) is 0 Å². The number of aromatic nitrogens is 2. The topological polar surface area (TPSA) is 59.0 Å². The minimum Gasteiger partial charge on any atom is -0.356 e. The molecule has 2 heterocycles. The van der Waals surface area contributed by atoms with Gasteiger partial charge < -0.3 is 15.2 Å². The first-order valence-electron chi connectivity index (χ1n) is 8.17. The number of piperidine rings is 1. The molecule has 1 aromatic heterocycles. The van der Waals surface area contributed by atoms with E-state index in [0.717, 1.165) is 51.3 Å². The summed E-state index contributed by atoms with van der Waals surface area (Å²) in [6.07, 6.45) is 9.41. The maximum atomic E-state index is 12.2. The highest BCUT2D eigenvalue weighted by molar-refractivity contribution is 5.85. The maximum absolute atomic E-state index is 12.2. The molecule has 0 aromatic carbocycles.